The molecule has 1 amide bonds. The molecule has 1 saturated heterocycles. The first-order valence-electron chi connectivity index (χ1n) is 22.7. The molecule has 4 aliphatic heterocycles. The van der Waals surface area contributed by atoms with E-state index in [1.807, 2.05) is 19.0 Å². The number of aromatic hydroxyl groups is 2. The molecule has 7 rings (SSSR count). The molecule has 0 spiro atoms. The number of aliphatic hydroxyl groups is 2. The fourth-order valence-corrected chi connectivity index (χ4v) is 9.77. The van der Waals surface area contributed by atoms with Crippen molar-refractivity contribution in [3.63, 3.8) is 0 Å². The highest BCUT2D eigenvalue weighted by molar-refractivity contribution is 6.22. The van der Waals surface area contributed by atoms with Crippen LogP contribution in [0.3, 0.4) is 0 Å². The first kappa shape index (κ1) is 49.8. The number of hydrogen-bond acceptors (Lipinski definition) is 16. The summed E-state index contributed by atoms with van der Waals surface area (Å²) in [5.74, 6) is -8.29. The number of anilines is 2. The summed E-state index contributed by atoms with van der Waals surface area (Å²) >= 11 is 0. The molecule has 11 atom stereocenters. The van der Waals surface area contributed by atoms with Crippen molar-refractivity contribution in [1.82, 2.24) is 9.88 Å². The Morgan fingerprint density at radius 2 is 1.72 bits per heavy atom. The van der Waals surface area contributed by atoms with Gasteiger partial charge in [0.2, 0.25) is 5.43 Å². The monoisotopic (exact) mass is 944 g/mol. The van der Waals surface area contributed by atoms with Crippen LogP contribution in [0.2, 0.25) is 0 Å². The molecule has 1 aliphatic carbocycles. The number of rotatable bonds is 4. The van der Waals surface area contributed by atoms with Gasteiger partial charge in [-0.05, 0) is 40.4 Å². The van der Waals surface area contributed by atoms with E-state index in [0.717, 1.165) is 0 Å². The number of amides is 1. The molecule has 18 heteroatoms. The van der Waals surface area contributed by atoms with Gasteiger partial charge in [-0.3, -0.25) is 19.2 Å². The lowest BCUT2D eigenvalue weighted by Gasteiger charge is -2.39. The smallest absolute Gasteiger partial charge is 0.312 e. The predicted octanol–water partition coefficient (Wildman–Crippen LogP) is 6.13. The number of nitrogens with one attached hydrogen (secondary N) is 1. The molecule has 0 saturated carbocycles. The minimum atomic E-state index is -2.11. The van der Waals surface area contributed by atoms with E-state index in [-0.39, 0.29) is 68.7 Å². The molecular formula is C50H61FN4O13. The molecule has 5 N–H and O–H groups in total. The fourth-order valence-electron chi connectivity index (χ4n) is 9.77. The molecule has 4 heterocycles. The van der Waals surface area contributed by atoms with E-state index in [2.05, 4.69) is 5.32 Å². The van der Waals surface area contributed by atoms with Gasteiger partial charge in [0.15, 0.2) is 11.3 Å². The minimum Gasteiger partial charge on any atom is -0.507 e. The van der Waals surface area contributed by atoms with Gasteiger partial charge in [0.1, 0.15) is 46.4 Å². The Bertz CT molecular complexity index is 2770. The van der Waals surface area contributed by atoms with Gasteiger partial charge in [-0.2, -0.15) is 0 Å². The zero-order chi connectivity index (χ0) is 49.8. The third kappa shape index (κ3) is 8.90. The van der Waals surface area contributed by atoms with Crippen LogP contribution in [0.5, 0.6) is 17.2 Å². The number of methoxy groups -OCH3 is 1. The third-order valence-electron chi connectivity index (χ3n) is 13.9. The Hall–Kier alpha value is -6.08. The maximum atomic E-state index is 15.4. The standard InChI is InChI=1S/C50H61FN4O13/c1-22-13-12-14-23(2)49(63)53-40-44(61)36-35(39-47(40)67-34-20-29(19-32(57)38(34)52-39)55-17-15-31(54(9)10)30(51)21-55)37-46(27(6)43(36)60)68-50(8,48(37)62)65-18-16-33(64-11)24(3)45(66-28(7)56)26(5)42(59)25(4)41(22)58/h12-14,16,18-20,22,24-26,30-31,33,41-42,45,57-60H,15,17,21H2,1-11H3,(H,53,63)/b13-12+,18-16+,23-14-/t22-,24+,25+,26+,30?,31?,33-,41-,42+,45+,50-/m0/s1. The lowest BCUT2D eigenvalue weighted by Crippen LogP contribution is -2.50. The number of esters is 1. The van der Waals surface area contributed by atoms with Gasteiger partial charge in [-0.15, -0.1) is 0 Å². The Morgan fingerprint density at radius 1 is 1.01 bits per heavy atom. The van der Waals surface area contributed by atoms with Crippen molar-refractivity contribution in [2.75, 3.05) is 44.5 Å². The van der Waals surface area contributed by atoms with Gasteiger partial charge in [-0.1, -0.05) is 45.9 Å². The summed E-state index contributed by atoms with van der Waals surface area (Å²) in [6.45, 7) is 12.8. The molecule has 366 valence electrons. The fraction of sp³-hybridized carbons (Fsp3) is 0.500. The Labute approximate surface area is 393 Å². The van der Waals surface area contributed by atoms with Crippen molar-refractivity contribution < 1.29 is 62.6 Å². The number of phenolic OH excluding ortho intramolecular Hbond substituents is 2. The van der Waals surface area contributed by atoms with E-state index >= 15 is 4.39 Å². The summed E-state index contributed by atoms with van der Waals surface area (Å²) in [5.41, 5.74) is -1.39. The number of alkyl halides is 1. The second kappa shape index (κ2) is 19.1. The molecule has 2 unspecified atom stereocenters. The molecule has 0 radical (unpaired) electrons. The molecule has 0 aromatic heterocycles. The first-order chi connectivity index (χ1) is 32.0. The maximum absolute atomic E-state index is 15.4. The summed E-state index contributed by atoms with van der Waals surface area (Å²) < 4.78 is 45.7. The Balaban J connectivity index is 1.44. The summed E-state index contributed by atoms with van der Waals surface area (Å²) in [6, 6.07) is 2.65. The largest absolute Gasteiger partial charge is 0.507 e. The average Bonchev–Trinajstić information content (AvgIpc) is 3.56. The van der Waals surface area contributed by atoms with E-state index in [1.165, 1.54) is 59.3 Å². The second-order valence-corrected chi connectivity index (χ2v) is 18.8. The number of hydrogen-bond donors (Lipinski definition) is 5. The number of Topliss-reactive ketones (excluding diaryl/α,β-unsaturated/α-hetero) is 1. The van der Waals surface area contributed by atoms with Crippen LogP contribution in [-0.4, -0.2) is 125 Å². The van der Waals surface area contributed by atoms with Crippen molar-refractivity contribution in [2.24, 2.45) is 23.7 Å². The van der Waals surface area contributed by atoms with E-state index in [4.69, 9.17) is 28.3 Å². The maximum Gasteiger partial charge on any atom is 0.312 e. The number of aromatic nitrogens is 1. The van der Waals surface area contributed by atoms with Gasteiger partial charge >= 0.3 is 11.8 Å². The van der Waals surface area contributed by atoms with Crippen LogP contribution in [0, 0.1) is 30.6 Å². The van der Waals surface area contributed by atoms with Crippen LogP contribution < -0.4 is 20.4 Å². The number of aliphatic hydroxyl groups excluding tert-OH is 2. The van der Waals surface area contributed by atoms with Gasteiger partial charge in [0.05, 0.1) is 42.1 Å². The van der Waals surface area contributed by atoms with Crippen LogP contribution in [0.4, 0.5) is 15.8 Å². The zero-order valence-electron chi connectivity index (χ0n) is 40.1. The van der Waals surface area contributed by atoms with E-state index < -0.39 is 100.0 Å². The summed E-state index contributed by atoms with van der Waals surface area (Å²) in [4.78, 5) is 64.5. The molecule has 2 aromatic rings. The number of benzene rings is 3. The minimum absolute atomic E-state index is 0.00210. The van der Waals surface area contributed by atoms with E-state index in [1.54, 1.807) is 50.8 Å². The number of fused-ring (bicyclic) bond motifs is 2. The number of ether oxygens (including phenoxy) is 4. The topological polar surface area (TPSA) is 231 Å². The molecule has 5 aliphatic rings. The molecule has 17 nitrogen and oxygen atoms in total. The van der Waals surface area contributed by atoms with Crippen molar-refractivity contribution in [3.05, 3.63) is 69.6 Å². The highest BCUT2D eigenvalue weighted by Crippen LogP contribution is 2.51. The van der Waals surface area contributed by atoms with Crippen molar-refractivity contribution in [3.8, 4) is 28.7 Å². The number of halogens is 1. The van der Waals surface area contributed by atoms with Crippen LogP contribution in [0.15, 0.2) is 57.5 Å². The molecule has 1 fully saturated rings. The number of piperidine rings is 1. The first-order valence-corrected chi connectivity index (χ1v) is 22.7. The average molecular weight is 945 g/mol. The van der Waals surface area contributed by atoms with Gasteiger partial charge in [0, 0.05) is 91.6 Å². The number of carbonyl (C=O) groups excluding carboxylic acids is 3. The number of ketones is 1. The van der Waals surface area contributed by atoms with E-state index in [9.17, 15) is 39.6 Å². The normalized spacial score (nSPS) is 31.4. The van der Waals surface area contributed by atoms with Crippen molar-refractivity contribution >= 4 is 50.9 Å². The Morgan fingerprint density at radius 3 is 2.37 bits per heavy atom. The second-order valence-electron chi connectivity index (χ2n) is 18.8. The van der Waals surface area contributed by atoms with Gasteiger partial charge < -0.3 is 58.9 Å². The third-order valence-corrected chi connectivity index (χ3v) is 13.9. The molecule has 4 bridgehead atoms. The highest BCUT2D eigenvalue weighted by atomic mass is 19.1. The Kier molecular flexibility index (Phi) is 14.0. The van der Waals surface area contributed by atoms with Gasteiger partial charge in [0.25, 0.3) is 11.7 Å². The lowest BCUT2D eigenvalue weighted by atomic mass is 9.78. The number of carbonyl (C=O) groups is 3. The number of allylic oxidation sites excluding steroid dienone is 2. The van der Waals surface area contributed by atoms with Crippen LogP contribution >= 0.6 is 0 Å². The molecule has 68 heavy (non-hydrogen) atoms. The van der Waals surface area contributed by atoms with Crippen molar-refractivity contribution in [2.45, 2.75) is 104 Å². The van der Waals surface area contributed by atoms with Crippen LogP contribution in [-0.2, 0) is 23.8 Å². The SMILES string of the molecule is CO[C@H]1/C=C/O[C@@]2(C)Oc3c(C)c(O)c4c(=O)c(c5oc6cc(N7CCC(N(C)C)C(F)C7)cc(O)c6nc-5c4c3C2=O)NC(=O)/C(C)=C\C=C\[C@H](C)[C@H](O)[C@@H](C)[C@@H](O)[C@@H](C)[C@H](OC(C)=O)[C@@H]1C. The molecular weight excluding hydrogens is 884 g/mol. The summed E-state index contributed by atoms with van der Waals surface area (Å²) in [7, 11) is 5.05. The van der Waals surface area contributed by atoms with E-state index in [0.29, 0.717) is 18.7 Å². The van der Waals surface area contributed by atoms with Crippen molar-refractivity contribution in [1.29, 1.82) is 0 Å². The quantitative estimate of drug-likeness (QED) is 0.0880. The van der Waals surface area contributed by atoms with Crippen LogP contribution in [0.1, 0.15) is 70.8 Å². The zero-order valence-corrected chi connectivity index (χ0v) is 40.1. The highest BCUT2D eigenvalue weighted by Gasteiger charge is 2.50. The summed E-state index contributed by atoms with van der Waals surface area (Å²) in [6.07, 6.45) is 2.58. The van der Waals surface area contributed by atoms with Gasteiger partial charge in [-0.25, -0.2) is 9.37 Å². The number of phenols is 2. The van der Waals surface area contributed by atoms with Crippen LogP contribution in [0.25, 0.3) is 33.3 Å². The lowest BCUT2D eigenvalue weighted by molar-refractivity contribution is -0.160. The summed E-state index contributed by atoms with van der Waals surface area (Å²) in [5, 5.41) is 48.5. The predicted molar refractivity (Wildman–Crippen MR) is 252 cm³/mol. The number of nitrogens with zero attached hydrogens (tertiary/aromatic N) is 3. The molecule has 2 aromatic carbocycles.